The third-order valence-corrected chi connectivity index (χ3v) is 8.01. The van der Waals surface area contributed by atoms with E-state index >= 15 is 0 Å². The summed E-state index contributed by atoms with van der Waals surface area (Å²) in [6, 6.07) is 14.3. The van der Waals surface area contributed by atoms with Crippen LogP contribution < -0.4 is 4.90 Å². The summed E-state index contributed by atoms with van der Waals surface area (Å²) in [6.45, 7) is 5.13. The maximum Gasteiger partial charge on any atom is 0.416 e. The number of nitrogens with zero attached hydrogens (tertiary/aromatic N) is 2. The summed E-state index contributed by atoms with van der Waals surface area (Å²) in [5.41, 5.74) is 0.672. The van der Waals surface area contributed by atoms with Gasteiger partial charge in [-0.15, -0.1) is 0 Å². The molecule has 1 amide bonds. The van der Waals surface area contributed by atoms with Gasteiger partial charge in [-0.3, -0.25) is 4.79 Å². The molecule has 0 spiro atoms. The fraction of sp³-hybridized carbons (Fsp3) is 0.480. The predicted molar refractivity (Wildman–Crippen MR) is 127 cm³/mol. The molecule has 0 radical (unpaired) electrons. The first-order valence-electron chi connectivity index (χ1n) is 11.6. The standard InChI is InChI=1S/C23H25F3N2O3S.C2H6/c24-23(25,26)19-7-4-8-20(15-19)27-11-12-28(21(16-27)17-5-2-1-3-6-17)22(29)18-9-13-32(30,31)14-10-18;1-2/h1-8,15,18,21H,9-14,16H2;1-2H3. The lowest BCUT2D eigenvalue weighted by Gasteiger charge is -2.44. The fourth-order valence-corrected chi connectivity index (χ4v) is 5.98. The van der Waals surface area contributed by atoms with Crippen LogP contribution in [0.2, 0.25) is 0 Å². The lowest BCUT2D eigenvalue weighted by Crippen LogP contribution is -2.53. The number of anilines is 1. The Kier molecular flexibility index (Phi) is 8.28. The van der Waals surface area contributed by atoms with E-state index in [1.54, 1.807) is 11.0 Å². The number of hydrogen-bond acceptors (Lipinski definition) is 4. The molecule has 0 N–H and O–H groups in total. The van der Waals surface area contributed by atoms with Crippen LogP contribution in [0, 0.1) is 5.92 Å². The van der Waals surface area contributed by atoms with Gasteiger partial charge in [0.2, 0.25) is 5.91 Å². The molecule has 2 aliphatic heterocycles. The maximum atomic E-state index is 13.3. The summed E-state index contributed by atoms with van der Waals surface area (Å²) in [5, 5.41) is 0. The lowest BCUT2D eigenvalue weighted by molar-refractivity contribution is -0.139. The molecule has 186 valence electrons. The molecule has 4 rings (SSSR count). The average molecular weight is 497 g/mol. The van der Waals surface area contributed by atoms with E-state index in [4.69, 9.17) is 0 Å². The summed E-state index contributed by atoms with van der Waals surface area (Å²) >= 11 is 0. The van der Waals surface area contributed by atoms with Crippen molar-refractivity contribution in [2.75, 3.05) is 36.0 Å². The second-order valence-corrected chi connectivity index (χ2v) is 10.7. The van der Waals surface area contributed by atoms with Crippen LogP contribution >= 0.6 is 0 Å². The first-order valence-corrected chi connectivity index (χ1v) is 13.4. The van der Waals surface area contributed by atoms with Crippen molar-refractivity contribution in [3.05, 3.63) is 65.7 Å². The van der Waals surface area contributed by atoms with Crippen molar-refractivity contribution >= 4 is 21.4 Å². The second kappa shape index (κ2) is 10.8. The Labute approximate surface area is 199 Å². The van der Waals surface area contributed by atoms with Gasteiger partial charge >= 0.3 is 6.18 Å². The minimum atomic E-state index is -4.42. The Bertz CT molecular complexity index is 1060. The maximum absolute atomic E-state index is 13.3. The Morgan fingerprint density at radius 2 is 1.59 bits per heavy atom. The van der Waals surface area contributed by atoms with Crippen LogP contribution in [0.4, 0.5) is 18.9 Å². The highest BCUT2D eigenvalue weighted by atomic mass is 32.2. The minimum absolute atomic E-state index is 0.0175. The number of halogens is 3. The van der Waals surface area contributed by atoms with Crippen LogP contribution in [0.15, 0.2) is 54.6 Å². The van der Waals surface area contributed by atoms with Crippen molar-refractivity contribution in [3.8, 4) is 0 Å². The Balaban J connectivity index is 0.00000158. The smallest absolute Gasteiger partial charge is 0.367 e. The molecule has 1 atom stereocenters. The van der Waals surface area contributed by atoms with E-state index in [0.717, 1.165) is 17.7 Å². The summed E-state index contributed by atoms with van der Waals surface area (Å²) < 4.78 is 63.1. The largest absolute Gasteiger partial charge is 0.416 e. The van der Waals surface area contributed by atoms with Crippen LogP contribution in [0.1, 0.15) is 43.9 Å². The highest BCUT2D eigenvalue weighted by Gasteiger charge is 2.38. The summed E-state index contributed by atoms with van der Waals surface area (Å²) in [4.78, 5) is 17.0. The van der Waals surface area contributed by atoms with Crippen LogP contribution in [0.5, 0.6) is 0 Å². The average Bonchev–Trinajstić information content (AvgIpc) is 2.84. The highest BCUT2D eigenvalue weighted by Crippen LogP contribution is 2.35. The number of carbonyl (C=O) groups is 1. The fourth-order valence-electron chi connectivity index (χ4n) is 4.49. The number of piperazine rings is 1. The van der Waals surface area contributed by atoms with Gasteiger partial charge in [0.25, 0.3) is 0 Å². The quantitative estimate of drug-likeness (QED) is 0.604. The van der Waals surface area contributed by atoms with Gasteiger partial charge in [-0.2, -0.15) is 13.2 Å². The van der Waals surface area contributed by atoms with Crippen LogP contribution in [-0.2, 0) is 20.8 Å². The van der Waals surface area contributed by atoms with Crippen molar-refractivity contribution in [3.63, 3.8) is 0 Å². The predicted octanol–water partition coefficient (Wildman–Crippen LogP) is 4.95. The Morgan fingerprint density at radius 1 is 0.941 bits per heavy atom. The Morgan fingerprint density at radius 3 is 2.21 bits per heavy atom. The van der Waals surface area contributed by atoms with Crippen molar-refractivity contribution in [2.24, 2.45) is 5.92 Å². The number of benzene rings is 2. The lowest BCUT2D eigenvalue weighted by atomic mass is 9.96. The van der Waals surface area contributed by atoms with E-state index in [1.807, 2.05) is 49.1 Å². The molecule has 2 saturated heterocycles. The molecule has 9 heteroatoms. The molecule has 2 aromatic carbocycles. The zero-order chi connectivity index (χ0) is 24.9. The zero-order valence-corrected chi connectivity index (χ0v) is 20.3. The highest BCUT2D eigenvalue weighted by molar-refractivity contribution is 7.91. The van der Waals surface area contributed by atoms with E-state index in [1.165, 1.54) is 6.07 Å². The van der Waals surface area contributed by atoms with Gasteiger partial charge in [0, 0.05) is 31.2 Å². The van der Waals surface area contributed by atoms with Crippen molar-refractivity contribution < 1.29 is 26.4 Å². The molecule has 0 saturated carbocycles. The van der Waals surface area contributed by atoms with Gasteiger partial charge in [-0.25, -0.2) is 8.42 Å². The van der Waals surface area contributed by atoms with Crippen LogP contribution in [0.25, 0.3) is 0 Å². The van der Waals surface area contributed by atoms with E-state index in [2.05, 4.69) is 0 Å². The molecule has 2 fully saturated rings. The minimum Gasteiger partial charge on any atom is -0.367 e. The normalized spacial score (nSPS) is 20.9. The van der Waals surface area contributed by atoms with E-state index in [9.17, 15) is 26.4 Å². The van der Waals surface area contributed by atoms with E-state index in [-0.39, 0.29) is 29.4 Å². The first kappa shape index (κ1) is 26.1. The van der Waals surface area contributed by atoms with Crippen LogP contribution in [-0.4, -0.2) is 50.4 Å². The molecule has 5 nitrogen and oxygen atoms in total. The molecule has 1 unspecified atom stereocenters. The number of amides is 1. The third kappa shape index (κ3) is 6.11. The topological polar surface area (TPSA) is 57.7 Å². The summed E-state index contributed by atoms with van der Waals surface area (Å²) in [7, 11) is -3.08. The summed E-state index contributed by atoms with van der Waals surface area (Å²) in [5.74, 6) is -0.380. The SMILES string of the molecule is CC.O=C(C1CCS(=O)(=O)CC1)N1CCN(c2cccc(C(F)(F)F)c2)CC1c1ccccc1. The van der Waals surface area contributed by atoms with Crippen molar-refractivity contribution in [1.82, 2.24) is 4.90 Å². The monoisotopic (exact) mass is 496 g/mol. The first-order chi connectivity index (χ1) is 16.1. The van der Waals surface area contributed by atoms with E-state index in [0.29, 0.717) is 38.2 Å². The molecule has 2 heterocycles. The molecular formula is C25H31F3N2O3S. The van der Waals surface area contributed by atoms with Gasteiger partial charge < -0.3 is 9.80 Å². The molecule has 34 heavy (non-hydrogen) atoms. The third-order valence-electron chi connectivity index (χ3n) is 6.29. The number of hydrogen-bond donors (Lipinski definition) is 0. The molecule has 0 bridgehead atoms. The van der Waals surface area contributed by atoms with Crippen molar-refractivity contribution in [1.29, 1.82) is 0 Å². The molecular weight excluding hydrogens is 465 g/mol. The zero-order valence-electron chi connectivity index (χ0n) is 19.5. The molecule has 2 aliphatic rings. The second-order valence-electron chi connectivity index (χ2n) is 8.38. The number of sulfone groups is 1. The molecule has 0 aromatic heterocycles. The molecule has 2 aromatic rings. The van der Waals surface area contributed by atoms with Crippen LogP contribution in [0.3, 0.4) is 0 Å². The van der Waals surface area contributed by atoms with Gasteiger partial charge in [0.1, 0.15) is 9.84 Å². The van der Waals surface area contributed by atoms with Gasteiger partial charge in [0.05, 0.1) is 23.1 Å². The van der Waals surface area contributed by atoms with Gasteiger partial charge in [0.15, 0.2) is 0 Å². The van der Waals surface area contributed by atoms with Gasteiger partial charge in [-0.05, 0) is 36.6 Å². The summed E-state index contributed by atoms with van der Waals surface area (Å²) in [6.07, 6.45) is -3.79. The molecule has 0 aliphatic carbocycles. The number of rotatable bonds is 3. The Hall–Kier alpha value is -2.55. The number of carbonyl (C=O) groups excluding carboxylic acids is 1. The van der Waals surface area contributed by atoms with Gasteiger partial charge in [-0.1, -0.05) is 50.2 Å². The van der Waals surface area contributed by atoms with Crippen molar-refractivity contribution in [2.45, 2.75) is 38.9 Å². The van der Waals surface area contributed by atoms with E-state index < -0.39 is 21.6 Å². The number of alkyl halides is 3.